The summed E-state index contributed by atoms with van der Waals surface area (Å²) in [7, 11) is 0. The number of alkyl halides is 3. The van der Waals surface area contributed by atoms with Crippen molar-refractivity contribution in [2.24, 2.45) is 0 Å². The van der Waals surface area contributed by atoms with Gasteiger partial charge >= 0.3 is 12.1 Å². The van der Waals surface area contributed by atoms with Crippen molar-refractivity contribution in [2.75, 3.05) is 36.4 Å². The van der Waals surface area contributed by atoms with Crippen molar-refractivity contribution < 1.29 is 31.9 Å². The summed E-state index contributed by atoms with van der Waals surface area (Å²) in [5, 5.41) is 19.7. The van der Waals surface area contributed by atoms with Gasteiger partial charge in [0.25, 0.3) is 0 Å². The third-order valence-corrected chi connectivity index (χ3v) is 5.89. The standard InChI is InChI=1S/C22H21F2N7.C2HF3O2/c23-15-2-1-14(18(24)9-15)13-30-5-7-31(8-6-30)22-21(27-16-3-4-16)28-20-12-26-17(11-25)10-19(20)29-22;3-2(4,5)1(6)7/h1-2,9-10,12,16H,3-8,13H2,(H,27,28);(H,6,7). The van der Waals surface area contributed by atoms with Gasteiger partial charge in [-0.3, -0.25) is 4.90 Å². The number of nitrogens with one attached hydrogen (secondary N) is 1. The molecule has 200 valence electrons. The van der Waals surface area contributed by atoms with Crippen molar-refractivity contribution in [2.45, 2.75) is 31.6 Å². The Morgan fingerprint density at radius 3 is 2.37 bits per heavy atom. The highest BCUT2D eigenvalue weighted by molar-refractivity contribution is 5.81. The molecule has 0 unspecified atom stereocenters. The van der Waals surface area contributed by atoms with E-state index in [1.165, 1.54) is 12.1 Å². The van der Waals surface area contributed by atoms with Crippen LogP contribution in [0.4, 0.5) is 33.6 Å². The number of halogens is 5. The SMILES string of the molecule is N#Cc1cc2nc(N3CCN(Cc4ccc(F)cc4F)CC3)c(NC3CC3)nc2cn1.O=C(O)C(F)(F)F. The molecule has 1 saturated carbocycles. The number of benzene rings is 1. The number of hydrogen-bond acceptors (Lipinski definition) is 8. The number of carbonyl (C=O) groups is 1. The molecule has 5 rings (SSSR count). The Balaban J connectivity index is 0.000000426. The molecular formula is C24H22F5N7O2. The molecule has 3 aromatic rings. The number of carboxylic acid groups (broad SMARTS) is 1. The number of fused-ring (bicyclic) bond motifs is 1. The van der Waals surface area contributed by atoms with Gasteiger partial charge in [-0.1, -0.05) is 6.07 Å². The minimum atomic E-state index is -5.08. The fourth-order valence-electron chi connectivity index (χ4n) is 3.76. The van der Waals surface area contributed by atoms with Crippen LogP contribution in [0.25, 0.3) is 11.0 Å². The number of aromatic nitrogens is 3. The first-order valence-corrected chi connectivity index (χ1v) is 11.6. The molecule has 1 aromatic carbocycles. The first-order chi connectivity index (χ1) is 18.0. The first-order valence-electron chi connectivity index (χ1n) is 11.6. The maximum atomic E-state index is 14.0. The molecule has 3 heterocycles. The van der Waals surface area contributed by atoms with E-state index >= 15 is 0 Å². The molecule has 1 aliphatic heterocycles. The van der Waals surface area contributed by atoms with E-state index in [0.717, 1.165) is 43.6 Å². The van der Waals surface area contributed by atoms with Crippen LogP contribution in [0.2, 0.25) is 0 Å². The molecule has 2 N–H and O–H groups in total. The summed E-state index contributed by atoms with van der Waals surface area (Å²) >= 11 is 0. The first kappa shape index (κ1) is 26.9. The second-order valence-corrected chi connectivity index (χ2v) is 8.79. The minimum Gasteiger partial charge on any atom is -0.475 e. The highest BCUT2D eigenvalue weighted by Crippen LogP contribution is 2.31. The van der Waals surface area contributed by atoms with Gasteiger partial charge in [0.15, 0.2) is 11.6 Å². The predicted molar refractivity (Wildman–Crippen MR) is 126 cm³/mol. The second-order valence-electron chi connectivity index (χ2n) is 8.79. The maximum Gasteiger partial charge on any atom is 0.490 e. The summed E-state index contributed by atoms with van der Waals surface area (Å²) in [6, 6.07) is 7.83. The van der Waals surface area contributed by atoms with Crippen molar-refractivity contribution in [1.82, 2.24) is 19.9 Å². The van der Waals surface area contributed by atoms with E-state index in [4.69, 9.17) is 25.1 Å². The monoisotopic (exact) mass is 535 g/mol. The lowest BCUT2D eigenvalue weighted by Gasteiger charge is -2.36. The van der Waals surface area contributed by atoms with Crippen LogP contribution in [0.5, 0.6) is 0 Å². The van der Waals surface area contributed by atoms with E-state index in [0.29, 0.717) is 48.0 Å². The number of piperazine rings is 1. The van der Waals surface area contributed by atoms with E-state index in [-0.39, 0.29) is 0 Å². The van der Waals surface area contributed by atoms with E-state index in [2.05, 4.69) is 20.1 Å². The van der Waals surface area contributed by atoms with Gasteiger partial charge in [-0.2, -0.15) is 18.4 Å². The van der Waals surface area contributed by atoms with E-state index in [1.54, 1.807) is 12.3 Å². The largest absolute Gasteiger partial charge is 0.490 e. The molecule has 1 saturated heterocycles. The predicted octanol–water partition coefficient (Wildman–Crippen LogP) is 3.70. The lowest BCUT2D eigenvalue weighted by atomic mass is 10.1. The number of carboxylic acids is 1. The highest BCUT2D eigenvalue weighted by Gasteiger charge is 2.38. The Kier molecular flexibility index (Phi) is 7.86. The summed E-state index contributed by atoms with van der Waals surface area (Å²) < 4.78 is 58.9. The van der Waals surface area contributed by atoms with Crippen molar-refractivity contribution >= 4 is 28.6 Å². The molecule has 2 fully saturated rings. The van der Waals surface area contributed by atoms with Crippen LogP contribution in [-0.2, 0) is 11.3 Å². The zero-order valence-electron chi connectivity index (χ0n) is 19.8. The van der Waals surface area contributed by atoms with Gasteiger partial charge in [0.2, 0.25) is 0 Å². The van der Waals surface area contributed by atoms with Crippen molar-refractivity contribution in [3.8, 4) is 6.07 Å². The summed E-state index contributed by atoms with van der Waals surface area (Å²) in [6.07, 6.45) is -1.28. The van der Waals surface area contributed by atoms with Crippen LogP contribution in [-0.4, -0.2) is 69.3 Å². The number of anilines is 2. The van der Waals surface area contributed by atoms with Crippen molar-refractivity contribution in [3.05, 3.63) is 53.4 Å². The number of rotatable bonds is 5. The summed E-state index contributed by atoms with van der Waals surface area (Å²) in [5.41, 5.74) is 2.09. The minimum absolute atomic E-state index is 0.307. The Morgan fingerprint density at radius 2 is 1.79 bits per heavy atom. The quantitative estimate of drug-likeness (QED) is 0.472. The molecule has 0 atom stereocenters. The van der Waals surface area contributed by atoms with E-state index in [9.17, 15) is 22.0 Å². The second kappa shape index (κ2) is 11.1. The Labute approximate surface area is 213 Å². The van der Waals surface area contributed by atoms with Crippen LogP contribution in [0.3, 0.4) is 0 Å². The van der Waals surface area contributed by atoms with Gasteiger partial charge in [-0.25, -0.2) is 28.5 Å². The van der Waals surface area contributed by atoms with Crippen LogP contribution < -0.4 is 10.2 Å². The Morgan fingerprint density at radius 1 is 1.11 bits per heavy atom. The summed E-state index contributed by atoms with van der Waals surface area (Å²) in [5.74, 6) is -2.33. The molecule has 38 heavy (non-hydrogen) atoms. The van der Waals surface area contributed by atoms with Gasteiger partial charge in [-0.05, 0) is 18.9 Å². The molecule has 0 radical (unpaired) electrons. The molecule has 0 amide bonds. The third kappa shape index (κ3) is 6.80. The number of aliphatic carboxylic acids is 1. The number of hydrogen-bond donors (Lipinski definition) is 2. The van der Waals surface area contributed by atoms with Crippen LogP contribution >= 0.6 is 0 Å². The number of nitriles is 1. The molecule has 0 bridgehead atoms. The highest BCUT2D eigenvalue weighted by atomic mass is 19.4. The Hall–Kier alpha value is -4.12. The summed E-state index contributed by atoms with van der Waals surface area (Å²) in [6.45, 7) is 3.29. The van der Waals surface area contributed by atoms with Gasteiger partial charge in [0, 0.05) is 56.5 Å². The van der Waals surface area contributed by atoms with Crippen LogP contribution in [0.1, 0.15) is 24.1 Å². The number of nitrogens with zero attached hydrogens (tertiary/aromatic N) is 6. The lowest BCUT2D eigenvalue weighted by Crippen LogP contribution is -2.46. The molecule has 1 aliphatic carbocycles. The van der Waals surface area contributed by atoms with Crippen molar-refractivity contribution in [3.63, 3.8) is 0 Å². The number of pyridine rings is 1. The van der Waals surface area contributed by atoms with Gasteiger partial charge < -0.3 is 15.3 Å². The topological polar surface area (TPSA) is 118 Å². The molecule has 0 spiro atoms. The van der Waals surface area contributed by atoms with Crippen LogP contribution in [0, 0.1) is 23.0 Å². The summed E-state index contributed by atoms with van der Waals surface area (Å²) in [4.78, 5) is 26.8. The smallest absolute Gasteiger partial charge is 0.475 e. The molecule has 2 aliphatic rings. The van der Waals surface area contributed by atoms with Crippen LogP contribution in [0.15, 0.2) is 30.5 Å². The zero-order valence-corrected chi connectivity index (χ0v) is 19.8. The zero-order chi connectivity index (χ0) is 27.4. The average molecular weight is 535 g/mol. The fraction of sp³-hybridized carbons (Fsp3) is 0.375. The third-order valence-electron chi connectivity index (χ3n) is 5.89. The van der Waals surface area contributed by atoms with Gasteiger partial charge in [0.1, 0.15) is 28.9 Å². The van der Waals surface area contributed by atoms with E-state index in [1.807, 2.05) is 6.07 Å². The average Bonchev–Trinajstić information content (AvgIpc) is 3.69. The normalized spacial score (nSPS) is 15.9. The Bertz CT molecular complexity index is 1370. The van der Waals surface area contributed by atoms with Gasteiger partial charge in [0.05, 0.1) is 11.7 Å². The molecule has 2 aromatic heterocycles. The van der Waals surface area contributed by atoms with Crippen molar-refractivity contribution in [1.29, 1.82) is 5.26 Å². The lowest BCUT2D eigenvalue weighted by molar-refractivity contribution is -0.192. The molecule has 14 heteroatoms. The maximum absolute atomic E-state index is 14.0. The van der Waals surface area contributed by atoms with Gasteiger partial charge in [-0.15, -0.1) is 0 Å². The fourth-order valence-corrected chi connectivity index (χ4v) is 3.76. The van der Waals surface area contributed by atoms with E-state index < -0.39 is 23.8 Å². The molecular weight excluding hydrogens is 513 g/mol. The molecule has 9 nitrogen and oxygen atoms in total.